The van der Waals surface area contributed by atoms with Crippen LogP contribution in [0, 0.1) is 0 Å². The number of rotatable bonds is 14. The number of aliphatic hydroxyl groups excluding tert-OH is 1. The summed E-state index contributed by atoms with van der Waals surface area (Å²) in [5, 5.41) is 9.10. The van der Waals surface area contributed by atoms with Gasteiger partial charge in [0.1, 0.15) is 5.75 Å². The van der Waals surface area contributed by atoms with E-state index in [1.54, 1.807) is 0 Å². The molecule has 0 bridgehead atoms. The maximum atomic E-state index is 14.6. The third-order valence-corrected chi connectivity index (χ3v) is 8.96. The Hall–Kier alpha value is -4.76. The lowest BCUT2D eigenvalue weighted by Gasteiger charge is -2.31. The topological polar surface area (TPSA) is 92.2 Å². The summed E-state index contributed by atoms with van der Waals surface area (Å²) >= 11 is 3.54. The van der Waals surface area contributed by atoms with Crippen LogP contribution in [0.5, 0.6) is 5.75 Å². The molecule has 6 rings (SSSR count). The smallest absolute Gasteiger partial charge is 0.266 e. The number of aliphatic imine (C=N–C) groups is 1. The third kappa shape index (κ3) is 7.85. The fourth-order valence-electron chi connectivity index (χ4n) is 5.96. The van der Waals surface area contributed by atoms with Crippen LogP contribution >= 0.6 is 15.9 Å². The fraction of sp³-hybridized carbons (Fsp3) is 0.200. The normalized spacial score (nSPS) is 17.1. The Morgan fingerprint density at radius 2 is 1.44 bits per heavy atom. The second kappa shape index (κ2) is 15.9. The third-order valence-electron chi connectivity index (χ3n) is 8.43. The number of nitrogens with zero attached hydrogens (tertiary/aromatic N) is 1. The Bertz CT molecular complexity index is 1750. The van der Waals surface area contributed by atoms with Gasteiger partial charge in [0.05, 0.1) is 6.61 Å². The van der Waals surface area contributed by atoms with Crippen molar-refractivity contribution in [3.8, 4) is 5.75 Å². The van der Waals surface area contributed by atoms with Gasteiger partial charge in [0.25, 0.3) is 5.91 Å². The lowest BCUT2D eigenvalue weighted by Crippen LogP contribution is -2.54. The summed E-state index contributed by atoms with van der Waals surface area (Å²) in [4.78, 5) is 19.8. The van der Waals surface area contributed by atoms with E-state index in [9.17, 15) is 4.79 Å². The van der Waals surface area contributed by atoms with Gasteiger partial charge in [-0.1, -0.05) is 119 Å². The highest BCUT2D eigenvalue weighted by Crippen LogP contribution is 2.42. The first kappa shape index (κ1) is 33.2. The van der Waals surface area contributed by atoms with Crippen molar-refractivity contribution in [3.05, 3.63) is 172 Å². The molecule has 48 heavy (non-hydrogen) atoms. The Balaban J connectivity index is 1.33. The molecule has 2 atom stereocenters. The number of carbonyl (C=O) groups excluding carboxylic acids is 1. The molecule has 244 valence electrons. The van der Waals surface area contributed by atoms with E-state index in [4.69, 9.17) is 19.6 Å². The van der Waals surface area contributed by atoms with E-state index in [2.05, 4.69) is 51.0 Å². The van der Waals surface area contributed by atoms with E-state index >= 15 is 0 Å². The van der Waals surface area contributed by atoms with Gasteiger partial charge in [-0.3, -0.25) is 10.2 Å². The van der Waals surface area contributed by atoms with Crippen molar-refractivity contribution >= 4 is 27.7 Å². The van der Waals surface area contributed by atoms with Crippen LogP contribution in [-0.4, -0.2) is 42.2 Å². The lowest BCUT2D eigenvalue weighted by molar-refractivity contribution is -0.130. The van der Waals surface area contributed by atoms with Crippen LogP contribution in [-0.2, 0) is 16.0 Å². The number of halogens is 1. The lowest BCUT2D eigenvalue weighted by atomic mass is 9.82. The van der Waals surface area contributed by atoms with Crippen molar-refractivity contribution in [1.29, 1.82) is 0 Å². The van der Waals surface area contributed by atoms with Crippen LogP contribution in [0.3, 0.4) is 0 Å². The van der Waals surface area contributed by atoms with Crippen molar-refractivity contribution in [2.75, 3.05) is 19.8 Å². The molecular weight excluding hydrogens is 666 g/mol. The van der Waals surface area contributed by atoms with Gasteiger partial charge < -0.3 is 14.6 Å². The number of hydrazine groups is 1. The molecule has 5 aromatic rings. The monoisotopic (exact) mass is 703 g/mol. The standard InChI is InChI=1S/C40H38BrN3O4/c41-34-21-17-29(18-22-34)27-40(39(46)44-42-28-36(30-11-4-1-5-12-30)31-13-6-2-7-14-31)37(32-15-8-3-9-16-32)48-38(43-40)33-19-23-35(24-20-33)47-26-10-25-45/h1-9,11-24,36-37,42,45H,10,25-28H2,(H,44,46)/t37-,40-/m0/s1. The number of benzene rings is 5. The van der Waals surface area contributed by atoms with Crippen LogP contribution in [0.2, 0.25) is 0 Å². The number of hydrogen-bond donors (Lipinski definition) is 3. The highest BCUT2D eigenvalue weighted by Gasteiger charge is 2.53. The zero-order valence-corrected chi connectivity index (χ0v) is 28.1. The Kier molecular flexibility index (Phi) is 11.0. The molecule has 0 saturated carbocycles. The van der Waals surface area contributed by atoms with Crippen molar-refractivity contribution < 1.29 is 19.4 Å². The fourth-order valence-corrected chi connectivity index (χ4v) is 6.23. The second-order valence-electron chi connectivity index (χ2n) is 11.7. The van der Waals surface area contributed by atoms with E-state index in [0.717, 1.165) is 32.3 Å². The molecule has 0 aliphatic carbocycles. The molecule has 0 fully saturated rings. The highest BCUT2D eigenvalue weighted by molar-refractivity contribution is 9.10. The number of aliphatic hydroxyl groups is 1. The van der Waals surface area contributed by atoms with Crippen LogP contribution in [0.1, 0.15) is 46.3 Å². The number of carbonyl (C=O) groups is 1. The summed E-state index contributed by atoms with van der Waals surface area (Å²) in [6, 6.07) is 45.7. The average molecular weight is 705 g/mol. The number of ether oxygens (including phenoxy) is 2. The summed E-state index contributed by atoms with van der Waals surface area (Å²) in [5.74, 6) is 0.777. The van der Waals surface area contributed by atoms with Gasteiger partial charge in [-0.05, 0) is 58.7 Å². The summed E-state index contributed by atoms with van der Waals surface area (Å²) in [6.45, 7) is 0.960. The van der Waals surface area contributed by atoms with Gasteiger partial charge in [0.2, 0.25) is 5.90 Å². The molecule has 1 aliphatic rings. The van der Waals surface area contributed by atoms with Gasteiger partial charge in [-0.15, -0.1) is 0 Å². The summed E-state index contributed by atoms with van der Waals surface area (Å²) in [6.07, 6.45) is 0.161. The first-order valence-corrected chi connectivity index (χ1v) is 16.9. The minimum Gasteiger partial charge on any atom is -0.494 e. The van der Waals surface area contributed by atoms with Crippen LogP contribution < -0.4 is 15.6 Å². The maximum Gasteiger partial charge on any atom is 0.266 e. The largest absolute Gasteiger partial charge is 0.494 e. The van der Waals surface area contributed by atoms with Crippen LogP contribution in [0.25, 0.3) is 0 Å². The maximum absolute atomic E-state index is 14.6. The van der Waals surface area contributed by atoms with Crippen LogP contribution in [0.4, 0.5) is 0 Å². The summed E-state index contributed by atoms with van der Waals surface area (Å²) in [7, 11) is 0. The second-order valence-corrected chi connectivity index (χ2v) is 12.6. The van der Waals surface area contributed by atoms with E-state index in [1.165, 1.54) is 0 Å². The average Bonchev–Trinajstić information content (AvgIpc) is 3.53. The van der Waals surface area contributed by atoms with E-state index < -0.39 is 11.6 Å². The van der Waals surface area contributed by atoms with Crippen molar-refractivity contribution in [1.82, 2.24) is 10.9 Å². The molecule has 1 heterocycles. The number of nitrogens with one attached hydrogen (secondary N) is 2. The summed E-state index contributed by atoms with van der Waals surface area (Å²) in [5.41, 5.74) is 9.81. The van der Waals surface area contributed by atoms with Gasteiger partial charge in [0, 0.05) is 41.9 Å². The molecule has 0 spiro atoms. The SMILES string of the molecule is O=C(NNCC(c1ccccc1)c1ccccc1)[C@@]1(Cc2ccc(Br)cc2)N=C(c2ccc(OCCCO)cc2)O[C@H]1c1ccccc1. The molecule has 7 nitrogen and oxygen atoms in total. The molecule has 0 aromatic heterocycles. The highest BCUT2D eigenvalue weighted by atomic mass is 79.9. The molecule has 5 aromatic carbocycles. The predicted octanol–water partition coefficient (Wildman–Crippen LogP) is 7.16. The van der Waals surface area contributed by atoms with Gasteiger partial charge in [-0.25, -0.2) is 10.4 Å². The quantitative estimate of drug-likeness (QED) is 0.0843. The molecule has 1 amide bonds. The molecule has 0 unspecified atom stereocenters. The van der Waals surface area contributed by atoms with E-state index in [1.807, 2.05) is 115 Å². The molecule has 3 N–H and O–H groups in total. The first-order valence-electron chi connectivity index (χ1n) is 16.1. The zero-order valence-electron chi connectivity index (χ0n) is 26.5. The van der Waals surface area contributed by atoms with Gasteiger partial charge in [-0.2, -0.15) is 0 Å². The van der Waals surface area contributed by atoms with Crippen molar-refractivity contribution in [2.24, 2.45) is 4.99 Å². The molecule has 0 radical (unpaired) electrons. The van der Waals surface area contributed by atoms with Gasteiger partial charge in [0.15, 0.2) is 11.6 Å². The minimum absolute atomic E-state index is 0.0112. The predicted molar refractivity (Wildman–Crippen MR) is 192 cm³/mol. The van der Waals surface area contributed by atoms with Crippen molar-refractivity contribution in [2.45, 2.75) is 30.4 Å². The van der Waals surface area contributed by atoms with E-state index in [0.29, 0.717) is 37.6 Å². The first-order chi connectivity index (χ1) is 23.6. The minimum atomic E-state index is -1.33. The number of amides is 1. The molecule has 0 saturated heterocycles. The molecule has 8 heteroatoms. The summed E-state index contributed by atoms with van der Waals surface area (Å²) < 4.78 is 13.3. The van der Waals surface area contributed by atoms with E-state index in [-0.39, 0.29) is 18.4 Å². The molecular formula is C40H38BrN3O4. The molecule has 1 aliphatic heterocycles. The van der Waals surface area contributed by atoms with Gasteiger partial charge >= 0.3 is 0 Å². The zero-order chi connectivity index (χ0) is 33.2. The Labute approximate surface area is 289 Å². The Morgan fingerprint density at radius 1 is 0.833 bits per heavy atom. The number of hydrogen-bond acceptors (Lipinski definition) is 6. The Morgan fingerprint density at radius 3 is 2.04 bits per heavy atom. The van der Waals surface area contributed by atoms with Crippen molar-refractivity contribution in [3.63, 3.8) is 0 Å². The van der Waals surface area contributed by atoms with Crippen LogP contribution in [0.15, 0.2) is 149 Å².